The summed E-state index contributed by atoms with van der Waals surface area (Å²) < 4.78 is 30.3. The highest BCUT2D eigenvalue weighted by atomic mass is 19.1. The van der Waals surface area contributed by atoms with E-state index >= 15 is 0 Å². The first-order valence-electron chi connectivity index (χ1n) is 9.24. The van der Waals surface area contributed by atoms with Crippen molar-refractivity contribution in [3.05, 3.63) is 84.4 Å². The van der Waals surface area contributed by atoms with Gasteiger partial charge in [-0.3, -0.25) is 9.78 Å². The molecule has 0 unspecified atom stereocenters. The Kier molecular flexibility index (Phi) is 7.38. The third kappa shape index (κ3) is 6.34. The molecular formula is C23H21FN2O4. The van der Waals surface area contributed by atoms with E-state index < -0.39 is 5.82 Å². The number of rotatable bonds is 9. The molecule has 3 aromatic rings. The first-order chi connectivity index (χ1) is 14.6. The second-order valence-corrected chi connectivity index (χ2v) is 6.13. The van der Waals surface area contributed by atoms with E-state index in [2.05, 4.69) is 10.3 Å². The number of carbonyl (C=O) groups excluding carboxylic acids is 1. The fourth-order valence-corrected chi connectivity index (χ4v) is 2.50. The van der Waals surface area contributed by atoms with Crippen LogP contribution in [-0.2, 0) is 4.79 Å². The lowest BCUT2D eigenvalue weighted by Crippen LogP contribution is -2.26. The number of aromatic nitrogens is 1. The maximum Gasteiger partial charge on any atom is 0.244 e. The van der Waals surface area contributed by atoms with Crippen LogP contribution in [-0.4, -0.2) is 31.2 Å². The van der Waals surface area contributed by atoms with Crippen molar-refractivity contribution < 1.29 is 23.4 Å². The molecule has 0 aliphatic rings. The number of hydrogen-bond acceptors (Lipinski definition) is 5. The van der Waals surface area contributed by atoms with Gasteiger partial charge >= 0.3 is 0 Å². The standard InChI is InChI=1S/C23H21FN2O4/c1-28-18-4-2-5-19(15-18)29-13-12-26-23(27)10-8-17-7-9-22(21(24)14-17)30-20-6-3-11-25-16-20/h2-11,14-16H,12-13H2,1H3,(H,26,27)/b10-8+. The van der Waals surface area contributed by atoms with E-state index in [4.69, 9.17) is 14.2 Å². The Hall–Kier alpha value is -3.87. The Balaban J connectivity index is 1.45. The topological polar surface area (TPSA) is 69.7 Å². The van der Waals surface area contributed by atoms with Gasteiger partial charge in [-0.2, -0.15) is 0 Å². The van der Waals surface area contributed by atoms with Gasteiger partial charge in [0.1, 0.15) is 23.9 Å². The lowest BCUT2D eigenvalue weighted by atomic mass is 10.2. The van der Waals surface area contributed by atoms with Crippen molar-refractivity contribution in [2.24, 2.45) is 0 Å². The van der Waals surface area contributed by atoms with Crippen molar-refractivity contribution >= 4 is 12.0 Å². The molecule has 0 bridgehead atoms. The Labute approximate surface area is 173 Å². The molecule has 1 amide bonds. The zero-order valence-electron chi connectivity index (χ0n) is 16.4. The molecule has 0 radical (unpaired) electrons. The first-order valence-corrected chi connectivity index (χ1v) is 9.24. The van der Waals surface area contributed by atoms with E-state index in [9.17, 15) is 9.18 Å². The molecule has 7 heteroatoms. The Morgan fingerprint density at radius 3 is 2.70 bits per heavy atom. The summed E-state index contributed by atoms with van der Waals surface area (Å²) in [5, 5.41) is 2.70. The van der Waals surface area contributed by atoms with Crippen molar-refractivity contribution in [1.29, 1.82) is 0 Å². The van der Waals surface area contributed by atoms with Crippen molar-refractivity contribution in [2.45, 2.75) is 0 Å². The molecule has 154 valence electrons. The zero-order chi connectivity index (χ0) is 21.2. The maximum absolute atomic E-state index is 14.2. The third-order valence-corrected chi connectivity index (χ3v) is 3.96. The number of nitrogens with zero attached hydrogens (tertiary/aromatic N) is 1. The molecule has 0 saturated heterocycles. The fourth-order valence-electron chi connectivity index (χ4n) is 2.50. The molecule has 1 heterocycles. The van der Waals surface area contributed by atoms with E-state index in [0.29, 0.717) is 36.0 Å². The summed E-state index contributed by atoms with van der Waals surface area (Å²) in [6.45, 7) is 0.633. The van der Waals surface area contributed by atoms with E-state index in [1.807, 2.05) is 12.1 Å². The maximum atomic E-state index is 14.2. The molecule has 0 atom stereocenters. The minimum absolute atomic E-state index is 0.0827. The number of nitrogens with one attached hydrogen (secondary N) is 1. The third-order valence-electron chi connectivity index (χ3n) is 3.96. The summed E-state index contributed by atoms with van der Waals surface area (Å²) in [5.74, 6) is 1.04. The Bertz CT molecular complexity index is 1010. The molecule has 0 aliphatic heterocycles. The van der Waals surface area contributed by atoms with E-state index in [-0.39, 0.29) is 11.7 Å². The van der Waals surface area contributed by atoms with Crippen molar-refractivity contribution in [2.75, 3.05) is 20.3 Å². The van der Waals surface area contributed by atoms with Gasteiger partial charge in [0.05, 0.1) is 19.9 Å². The smallest absolute Gasteiger partial charge is 0.244 e. The zero-order valence-corrected chi connectivity index (χ0v) is 16.4. The fraction of sp³-hybridized carbons (Fsp3) is 0.130. The summed E-state index contributed by atoms with van der Waals surface area (Å²) >= 11 is 0. The van der Waals surface area contributed by atoms with Gasteiger partial charge in [-0.05, 0) is 48.0 Å². The lowest BCUT2D eigenvalue weighted by molar-refractivity contribution is -0.116. The number of ether oxygens (including phenoxy) is 3. The average molecular weight is 408 g/mol. The van der Waals surface area contributed by atoms with Crippen LogP contribution in [0.4, 0.5) is 4.39 Å². The quantitative estimate of drug-likeness (QED) is 0.424. The average Bonchev–Trinajstić information content (AvgIpc) is 2.78. The highest BCUT2D eigenvalue weighted by Gasteiger charge is 2.06. The van der Waals surface area contributed by atoms with Crippen molar-refractivity contribution in [1.82, 2.24) is 10.3 Å². The van der Waals surface area contributed by atoms with Crippen LogP contribution in [0, 0.1) is 5.82 Å². The van der Waals surface area contributed by atoms with Crippen LogP contribution >= 0.6 is 0 Å². The molecule has 30 heavy (non-hydrogen) atoms. The highest BCUT2D eigenvalue weighted by molar-refractivity contribution is 5.91. The molecule has 0 saturated carbocycles. The van der Waals surface area contributed by atoms with Gasteiger partial charge < -0.3 is 19.5 Å². The molecule has 0 fully saturated rings. The molecule has 6 nitrogen and oxygen atoms in total. The number of hydrogen-bond donors (Lipinski definition) is 1. The Morgan fingerprint density at radius 1 is 1.10 bits per heavy atom. The Morgan fingerprint density at radius 2 is 1.93 bits per heavy atom. The summed E-state index contributed by atoms with van der Waals surface area (Å²) in [6, 6.07) is 15.0. The second-order valence-electron chi connectivity index (χ2n) is 6.13. The van der Waals surface area contributed by atoms with Gasteiger partial charge in [-0.25, -0.2) is 4.39 Å². The van der Waals surface area contributed by atoms with Crippen LogP contribution in [0.1, 0.15) is 5.56 Å². The number of halogens is 1. The molecule has 0 aliphatic carbocycles. The van der Waals surface area contributed by atoms with Gasteiger partial charge in [0, 0.05) is 18.3 Å². The molecular weight excluding hydrogens is 387 g/mol. The van der Waals surface area contributed by atoms with Crippen LogP contribution in [0.15, 0.2) is 73.1 Å². The monoisotopic (exact) mass is 408 g/mol. The summed E-state index contributed by atoms with van der Waals surface area (Å²) in [6.07, 6.45) is 5.96. The largest absolute Gasteiger partial charge is 0.497 e. The molecule has 3 rings (SSSR count). The van der Waals surface area contributed by atoms with Crippen LogP contribution < -0.4 is 19.5 Å². The minimum Gasteiger partial charge on any atom is -0.497 e. The van der Waals surface area contributed by atoms with Gasteiger partial charge in [0.25, 0.3) is 0 Å². The lowest BCUT2D eigenvalue weighted by Gasteiger charge is -2.08. The van der Waals surface area contributed by atoms with Crippen molar-refractivity contribution in [3.8, 4) is 23.0 Å². The first kappa shape index (κ1) is 20.9. The number of carbonyl (C=O) groups is 1. The normalized spacial score (nSPS) is 10.6. The van der Waals surface area contributed by atoms with Gasteiger partial charge in [-0.15, -0.1) is 0 Å². The van der Waals surface area contributed by atoms with Crippen LogP contribution in [0.3, 0.4) is 0 Å². The van der Waals surface area contributed by atoms with E-state index in [1.165, 1.54) is 30.5 Å². The molecule has 1 N–H and O–H groups in total. The predicted molar refractivity (Wildman–Crippen MR) is 111 cm³/mol. The SMILES string of the molecule is COc1cccc(OCCNC(=O)/C=C/c2ccc(Oc3cccnc3)c(F)c2)c1. The summed E-state index contributed by atoms with van der Waals surface area (Å²) in [7, 11) is 1.58. The molecule has 0 spiro atoms. The number of pyridine rings is 1. The van der Waals surface area contributed by atoms with Crippen LogP contribution in [0.25, 0.3) is 6.08 Å². The number of methoxy groups -OCH3 is 1. The van der Waals surface area contributed by atoms with Crippen molar-refractivity contribution in [3.63, 3.8) is 0 Å². The van der Waals surface area contributed by atoms with Crippen LogP contribution in [0.5, 0.6) is 23.0 Å². The molecule has 2 aromatic carbocycles. The van der Waals surface area contributed by atoms with E-state index in [1.54, 1.807) is 43.6 Å². The van der Waals surface area contributed by atoms with Gasteiger partial charge in [-0.1, -0.05) is 12.1 Å². The van der Waals surface area contributed by atoms with Crippen LogP contribution in [0.2, 0.25) is 0 Å². The van der Waals surface area contributed by atoms with Gasteiger partial charge in [0.15, 0.2) is 11.6 Å². The molecule has 1 aromatic heterocycles. The van der Waals surface area contributed by atoms with E-state index in [0.717, 1.165) is 0 Å². The second kappa shape index (κ2) is 10.6. The summed E-state index contributed by atoms with van der Waals surface area (Å²) in [5.41, 5.74) is 0.536. The van der Waals surface area contributed by atoms with Gasteiger partial charge in [0.2, 0.25) is 5.91 Å². The highest BCUT2D eigenvalue weighted by Crippen LogP contribution is 2.24. The summed E-state index contributed by atoms with van der Waals surface area (Å²) in [4.78, 5) is 15.8. The number of benzene rings is 2. The number of amides is 1. The minimum atomic E-state index is -0.534. The predicted octanol–water partition coefficient (Wildman–Crippen LogP) is 4.23.